The number of benzene rings is 2. The van der Waals surface area contributed by atoms with Gasteiger partial charge in [0.2, 0.25) is 5.91 Å². The van der Waals surface area contributed by atoms with Gasteiger partial charge in [-0.3, -0.25) is 10.1 Å². The third-order valence-electron chi connectivity index (χ3n) is 4.86. The van der Waals surface area contributed by atoms with Crippen LogP contribution in [0.4, 0.5) is 5.69 Å². The monoisotopic (exact) mass is 474 g/mol. The van der Waals surface area contributed by atoms with E-state index in [1.54, 1.807) is 49.6 Å². The summed E-state index contributed by atoms with van der Waals surface area (Å²) in [6, 6.07) is 22.1. The molecule has 2 aromatic heterocycles. The van der Waals surface area contributed by atoms with Crippen LogP contribution in [-0.4, -0.2) is 23.2 Å². The highest BCUT2D eigenvalue weighted by Gasteiger charge is 2.12. The van der Waals surface area contributed by atoms with Gasteiger partial charge < -0.3 is 24.0 Å². The number of carbonyl (C=O) groups excluding carboxylic acids is 1. The van der Waals surface area contributed by atoms with E-state index in [-0.39, 0.29) is 11.7 Å². The van der Waals surface area contributed by atoms with Crippen molar-refractivity contribution < 1.29 is 23.5 Å². The molecular weight excluding hydrogens is 452 g/mol. The predicted octanol–water partition coefficient (Wildman–Crippen LogP) is 5.23. The van der Waals surface area contributed by atoms with E-state index in [1.807, 2.05) is 36.4 Å². The standard InChI is InChI=1S/C26H22N2O5S/c1-31-24-15-18(7-11-21(24)23-13-9-20(16-29)33-23)27-26(34)28-25(30)14-10-19-8-12-22(32-19)17-5-3-2-4-6-17/h2-15,29H,16H2,1H3,(H2,27,28,30,34)/b14-10+. The molecule has 1 amide bonds. The zero-order chi connectivity index (χ0) is 23.9. The molecule has 2 heterocycles. The number of thiocarbonyl (C=S) groups is 1. The first-order valence-corrected chi connectivity index (χ1v) is 10.8. The molecule has 0 aliphatic carbocycles. The Morgan fingerprint density at radius 3 is 2.56 bits per heavy atom. The first-order valence-electron chi connectivity index (χ1n) is 10.4. The Kier molecular flexibility index (Phi) is 7.22. The SMILES string of the molecule is COc1cc(NC(=S)NC(=O)/C=C/c2ccc(-c3ccccc3)o2)ccc1-c1ccc(CO)o1. The van der Waals surface area contributed by atoms with E-state index >= 15 is 0 Å². The second-order valence-corrected chi connectivity index (χ2v) is 7.59. The fourth-order valence-corrected chi connectivity index (χ4v) is 3.47. The Balaban J connectivity index is 1.36. The number of hydrogen-bond donors (Lipinski definition) is 3. The van der Waals surface area contributed by atoms with E-state index in [1.165, 1.54) is 6.08 Å². The summed E-state index contributed by atoms with van der Waals surface area (Å²) in [4.78, 5) is 12.3. The molecule has 0 saturated heterocycles. The highest BCUT2D eigenvalue weighted by atomic mass is 32.1. The van der Waals surface area contributed by atoms with E-state index in [9.17, 15) is 9.90 Å². The molecule has 2 aromatic carbocycles. The molecule has 0 spiro atoms. The van der Waals surface area contributed by atoms with Gasteiger partial charge in [0.25, 0.3) is 0 Å². The predicted molar refractivity (Wildman–Crippen MR) is 134 cm³/mol. The van der Waals surface area contributed by atoms with Gasteiger partial charge in [-0.05, 0) is 54.7 Å². The van der Waals surface area contributed by atoms with Crippen LogP contribution in [0.2, 0.25) is 0 Å². The molecule has 34 heavy (non-hydrogen) atoms. The average Bonchev–Trinajstić information content (AvgIpc) is 3.53. The highest BCUT2D eigenvalue weighted by Crippen LogP contribution is 2.33. The lowest BCUT2D eigenvalue weighted by Gasteiger charge is -2.12. The number of nitrogens with one attached hydrogen (secondary N) is 2. The summed E-state index contributed by atoms with van der Waals surface area (Å²) in [7, 11) is 1.54. The minimum atomic E-state index is -0.397. The van der Waals surface area contributed by atoms with Crippen molar-refractivity contribution >= 4 is 35.0 Å². The van der Waals surface area contributed by atoms with Gasteiger partial charge in [-0.1, -0.05) is 30.3 Å². The lowest BCUT2D eigenvalue weighted by molar-refractivity contribution is -0.115. The van der Waals surface area contributed by atoms with Crippen molar-refractivity contribution in [2.24, 2.45) is 0 Å². The van der Waals surface area contributed by atoms with Crippen LogP contribution in [0.1, 0.15) is 11.5 Å². The Hall–Kier alpha value is -4.14. The second kappa shape index (κ2) is 10.7. The number of rotatable bonds is 7. The molecule has 0 unspecified atom stereocenters. The first-order chi connectivity index (χ1) is 16.6. The maximum Gasteiger partial charge on any atom is 0.250 e. The van der Waals surface area contributed by atoms with E-state index in [0.29, 0.717) is 28.7 Å². The molecule has 4 aromatic rings. The molecule has 0 fully saturated rings. The number of aliphatic hydroxyl groups excluding tert-OH is 1. The summed E-state index contributed by atoms with van der Waals surface area (Å²) >= 11 is 5.25. The number of furan rings is 2. The van der Waals surface area contributed by atoms with Crippen LogP contribution >= 0.6 is 12.2 Å². The molecule has 0 aliphatic rings. The average molecular weight is 475 g/mol. The van der Waals surface area contributed by atoms with Gasteiger partial charge in [0, 0.05) is 23.4 Å². The largest absolute Gasteiger partial charge is 0.496 e. The maximum atomic E-state index is 12.3. The molecule has 0 atom stereocenters. The van der Waals surface area contributed by atoms with Crippen LogP contribution in [0.25, 0.3) is 28.7 Å². The Morgan fingerprint density at radius 1 is 1.03 bits per heavy atom. The third kappa shape index (κ3) is 5.61. The summed E-state index contributed by atoms with van der Waals surface area (Å²) in [5.41, 5.74) is 2.31. The Bertz CT molecular complexity index is 1320. The van der Waals surface area contributed by atoms with E-state index in [0.717, 1.165) is 16.9 Å². The fourth-order valence-electron chi connectivity index (χ4n) is 3.25. The van der Waals surface area contributed by atoms with Crippen LogP contribution < -0.4 is 15.4 Å². The van der Waals surface area contributed by atoms with E-state index < -0.39 is 5.91 Å². The van der Waals surface area contributed by atoms with Crippen LogP contribution in [0.5, 0.6) is 5.75 Å². The van der Waals surface area contributed by atoms with Crippen molar-refractivity contribution in [1.82, 2.24) is 5.32 Å². The van der Waals surface area contributed by atoms with Crippen molar-refractivity contribution in [3.05, 3.63) is 90.4 Å². The van der Waals surface area contributed by atoms with Crippen molar-refractivity contribution in [3.63, 3.8) is 0 Å². The quantitative estimate of drug-likeness (QED) is 0.249. The topological polar surface area (TPSA) is 96.9 Å². The lowest BCUT2D eigenvalue weighted by atomic mass is 10.1. The minimum Gasteiger partial charge on any atom is -0.496 e. The normalized spacial score (nSPS) is 10.9. The smallest absolute Gasteiger partial charge is 0.250 e. The molecule has 8 heteroatoms. The summed E-state index contributed by atoms with van der Waals surface area (Å²) in [5.74, 6) is 2.45. The first kappa shape index (κ1) is 23.0. The molecule has 0 radical (unpaired) electrons. The number of ether oxygens (including phenoxy) is 1. The van der Waals surface area contributed by atoms with Gasteiger partial charge >= 0.3 is 0 Å². The molecule has 4 rings (SSSR count). The molecule has 172 valence electrons. The molecule has 0 aliphatic heterocycles. The highest BCUT2D eigenvalue weighted by molar-refractivity contribution is 7.80. The van der Waals surface area contributed by atoms with Crippen LogP contribution in [-0.2, 0) is 11.4 Å². The van der Waals surface area contributed by atoms with Crippen molar-refractivity contribution in [1.29, 1.82) is 0 Å². The molecular formula is C26H22N2O5S. The van der Waals surface area contributed by atoms with Gasteiger partial charge in [-0.25, -0.2) is 0 Å². The summed E-state index contributed by atoms with van der Waals surface area (Å²) < 4.78 is 16.8. The zero-order valence-electron chi connectivity index (χ0n) is 18.3. The van der Waals surface area contributed by atoms with Gasteiger partial charge in [-0.15, -0.1) is 0 Å². The number of amides is 1. The van der Waals surface area contributed by atoms with Gasteiger partial charge in [0.05, 0.1) is 12.7 Å². The van der Waals surface area contributed by atoms with Crippen LogP contribution in [0.15, 0.2) is 87.7 Å². The number of anilines is 1. The summed E-state index contributed by atoms with van der Waals surface area (Å²) in [6.45, 7) is -0.182. The Morgan fingerprint density at radius 2 is 1.82 bits per heavy atom. The van der Waals surface area contributed by atoms with E-state index in [2.05, 4.69) is 10.6 Å². The third-order valence-corrected chi connectivity index (χ3v) is 5.07. The number of methoxy groups -OCH3 is 1. The van der Waals surface area contributed by atoms with E-state index in [4.69, 9.17) is 25.8 Å². The van der Waals surface area contributed by atoms with Gasteiger partial charge in [-0.2, -0.15) is 0 Å². The second-order valence-electron chi connectivity index (χ2n) is 7.18. The number of hydrogen-bond acceptors (Lipinski definition) is 6. The Labute approximate surface area is 201 Å². The minimum absolute atomic E-state index is 0.134. The maximum absolute atomic E-state index is 12.3. The van der Waals surface area contributed by atoms with Crippen LogP contribution in [0, 0.1) is 0 Å². The summed E-state index contributed by atoms with van der Waals surface area (Å²) in [6.07, 6.45) is 2.92. The molecule has 0 saturated carbocycles. The number of aliphatic hydroxyl groups is 1. The van der Waals surface area contributed by atoms with Crippen molar-refractivity contribution in [2.75, 3.05) is 12.4 Å². The summed E-state index contributed by atoms with van der Waals surface area (Å²) in [5, 5.41) is 14.9. The van der Waals surface area contributed by atoms with Gasteiger partial charge in [0.1, 0.15) is 35.4 Å². The molecule has 7 nitrogen and oxygen atoms in total. The van der Waals surface area contributed by atoms with Crippen molar-refractivity contribution in [3.8, 4) is 28.4 Å². The molecule has 3 N–H and O–H groups in total. The van der Waals surface area contributed by atoms with Crippen LogP contribution in [0.3, 0.4) is 0 Å². The number of carbonyl (C=O) groups is 1. The zero-order valence-corrected chi connectivity index (χ0v) is 19.1. The fraction of sp³-hybridized carbons (Fsp3) is 0.0769. The van der Waals surface area contributed by atoms with Crippen molar-refractivity contribution in [2.45, 2.75) is 6.61 Å². The molecule has 0 bridgehead atoms. The van der Waals surface area contributed by atoms with Gasteiger partial charge in [0.15, 0.2) is 5.11 Å². The lowest BCUT2D eigenvalue weighted by Crippen LogP contribution is -2.32.